The summed E-state index contributed by atoms with van der Waals surface area (Å²) < 4.78 is 0. The third-order valence-corrected chi connectivity index (χ3v) is 3.82. The van der Waals surface area contributed by atoms with Gasteiger partial charge in [-0.2, -0.15) is 0 Å². The Hall–Kier alpha value is -1.50. The van der Waals surface area contributed by atoms with Gasteiger partial charge in [0.25, 0.3) is 0 Å². The average Bonchev–Trinajstić information content (AvgIpc) is 2.52. The van der Waals surface area contributed by atoms with Gasteiger partial charge in [0.15, 0.2) is 0 Å². The van der Waals surface area contributed by atoms with Crippen LogP contribution >= 0.6 is 0 Å². The second-order valence-electron chi connectivity index (χ2n) is 5.14. The molecule has 2 unspecified atom stereocenters. The van der Waals surface area contributed by atoms with Gasteiger partial charge in [-0.05, 0) is 37.1 Å². The van der Waals surface area contributed by atoms with Crippen LogP contribution in [0.5, 0.6) is 0 Å². The first-order chi connectivity index (χ1) is 8.00. The fourth-order valence-corrected chi connectivity index (χ4v) is 2.42. The van der Waals surface area contributed by atoms with E-state index in [1.165, 1.54) is 16.8 Å². The number of allylic oxidation sites excluding steroid dienone is 2. The van der Waals surface area contributed by atoms with Crippen molar-refractivity contribution < 1.29 is 0 Å². The molecule has 0 bridgehead atoms. The van der Waals surface area contributed by atoms with Gasteiger partial charge in [-0.25, -0.2) is 0 Å². The number of anilines is 1. The fraction of sp³-hybridized carbons (Fsp3) is 0.375. The number of nitrogens with zero attached hydrogens (tertiary/aromatic N) is 1. The minimum Gasteiger partial charge on any atom is -0.371 e. The molecule has 17 heavy (non-hydrogen) atoms. The zero-order valence-corrected chi connectivity index (χ0v) is 11.2. The van der Waals surface area contributed by atoms with Gasteiger partial charge in [0.1, 0.15) is 0 Å². The maximum absolute atomic E-state index is 3.89. The van der Waals surface area contributed by atoms with E-state index in [0.29, 0.717) is 12.0 Å². The van der Waals surface area contributed by atoms with E-state index in [9.17, 15) is 0 Å². The van der Waals surface area contributed by atoms with Crippen molar-refractivity contribution in [2.45, 2.75) is 32.7 Å². The predicted octanol–water partition coefficient (Wildman–Crippen LogP) is 4.22. The summed E-state index contributed by atoms with van der Waals surface area (Å²) in [5.41, 5.74) is 5.19. The Bertz CT molecular complexity index is 470. The summed E-state index contributed by atoms with van der Waals surface area (Å²) in [6, 6.07) is 7.30. The van der Waals surface area contributed by atoms with Crippen LogP contribution in [0.15, 0.2) is 36.4 Å². The van der Waals surface area contributed by atoms with Crippen molar-refractivity contribution in [3.8, 4) is 0 Å². The topological polar surface area (TPSA) is 3.24 Å². The number of likely N-dealkylation sites (N-methyl/N-ethyl adjacent to an activating group) is 1. The Labute approximate surface area is 104 Å². The van der Waals surface area contributed by atoms with Gasteiger partial charge >= 0.3 is 0 Å². The molecule has 0 fully saturated rings. The zero-order valence-electron chi connectivity index (χ0n) is 11.2. The van der Waals surface area contributed by atoms with Crippen LogP contribution < -0.4 is 4.90 Å². The van der Waals surface area contributed by atoms with Crippen molar-refractivity contribution in [2.75, 3.05) is 11.9 Å². The second kappa shape index (κ2) is 4.40. The molecule has 0 spiro atoms. The smallest absolute Gasteiger partial charge is 0.0402 e. The summed E-state index contributed by atoms with van der Waals surface area (Å²) in [6.45, 7) is 10.5. The van der Waals surface area contributed by atoms with Gasteiger partial charge in [0, 0.05) is 24.7 Å². The van der Waals surface area contributed by atoms with E-state index < -0.39 is 0 Å². The van der Waals surface area contributed by atoms with Gasteiger partial charge in [-0.15, -0.1) is 0 Å². The summed E-state index contributed by atoms with van der Waals surface area (Å²) >= 11 is 0. The highest BCUT2D eigenvalue weighted by Crippen LogP contribution is 2.40. The first-order valence-corrected chi connectivity index (χ1v) is 6.21. The molecule has 2 atom stereocenters. The number of hydrogen-bond acceptors (Lipinski definition) is 1. The molecule has 1 nitrogen and oxygen atoms in total. The minimum absolute atomic E-state index is 0.588. The fourth-order valence-electron chi connectivity index (χ4n) is 2.42. The quantitative estimate of drug-likeness (QED) is 0.684. The van der Waals surface area contributed by atoms with Crippen molar-refractivity contribution in [2.24, 2.45) is 0 Å². The van der Waals surface area contributed by atoms with Crippen LogP contribution in [-0.4, -0.2) is 13.1 Å². The summed E-state index contributed by atoms with van der Waals surface area (Å²) in [6.07, 6.45) is 4.20. The lowest BCUT2D eigenvalue weighted by Crippen LogP contribution is -2.25. The standard InChI is InChI=1S/C16H21N/c1-11(2)6-7-14-8-9-16-15(10-14)12(3)13(4)17(16)5/h6-10,12-13H,1H2,2-5H3/b7-6+. The molecule has 1 aromatic rings. The Morgan fingerprint density at radius 3 is 2.71 bits per heavy atom. The molecule has 90 valence electrons. The van der Waals surface area contributed by atoms with Gasteiger partial charge in [0.2, 0.25) is 0 Å². The van der Waals surface area contributed by atoms with Gasteiger partial charge in [-0.3, -0.25) is 0 Å². The van der Waals surface area contributed by atoms with Crippen molar-refractivity contribution in [3.63, 3.8) is 0 Å². The highest BCUT2D eigenvalue weighted by molar-refractivity contribution is 5.66. The molecule has 1 aliphatic rings. The Morgan fingerprint density at radius 2 is 2.06 bits per heavy atom. The molecular formula is C16H21N. The lowest BCUT2D eigenvalue weighted by atomic mass is 9.96. The van der Waals surface area contributed by atoms with Gasteiger partial charge in [0.05, 0.1) is 0 Å². The lowest BCUT2D eigenvalue weighted by Gasteiger charge is -2.20. The largest absolute Gasteiger partial charge is 0.371 e. The Balaban J connectivity index is 2.36. The van der Waals surface area contributed by atoms with Gasteiger partial charge < -0.3 is 4.90 Å². The first kappa shape index (κ1) is 12.0. The van der Waals surface area contributed by atoms with Crippen LogP contribution in [-0.2, 0) is 0 Å². The third-order valence-electron chi connectivity index (χ3n) is 3.82. The summed E-state index contributed by atoms with van der Waals surface area (Å²) in [5.74, 6) is 0.605. The zero-order chi connectivity index (χ0) is 12.6. The number of benzene rings is 1. The van der Waals surface area contributed by atoms with Crippen LogP contribution in [0.3, 0.4) is 0 Å². The molecule has 1 heteroatoms. The van der Waals surface area contributed by atoms with Crippen LogP contribution in [0.4, 0.5) is 5.69 Å². The van der Waals surface area contributed by atoms with Crippen LogP contribution in [0.2, 0.25) is 0 Å². The summed E-state index contributed by atoms with van der Waals surface area (Å²) in [4.78, 5) is 2.37. The maximum atomic E-state index is 3.89. The van der Waals surface area contributed by atoms with Crippen molar-refractivity contribution >= 4 is 11.8 Å². The number of fused-ring (bicyclic) bond motifs is 1. The molecule has 1 heterocycles. The van der Waals surface area contributed by atoms with Crippen LogP contribution in [0.25, 0.3) is 6.08 Å². The van der Waals surface area contributed by atoms with E-state index in [1.807, 2.05) is 6.92 Å². The number of hydrogen-bond donors (Lipinski definition) is 0. The van der Waals surface area contributed by atoms with E-state index in [0.717, 1.165) is 5.57 Å². The summed E-state index contributed by atoms with van der Waals surface area (Å²) in [5, 5.41) is 0. The molecule has 1 aliphatic heterocycles. The molecule has 0 N–H and O–H groups in total. The molecule has 0 aliphatic carbocycles. The molecule has 0 saturated carbocycles. The molecule has 0 aromatic heterocycles. The van der Waals surface area contributed by atoms with E-state index in [-0.39, 0.29) is 0 Å². The Morgan fingerprint density at radius 1 is 1.35 bits per heavy atom. The highest BCUT2D eigenvalue weighted by atomic mass is 15.2. The van der Waals surface area contributed by atoms with Crippen LogP contribution in [0, 0.1) is 0 Å². The first-order valence-electron chi connectivity index (χ1n) is 6.21. The normalized spacial score (nSPS) is 23.2. The molecule has 0 amide bonds. The SMILES string of the molecule is C=C(C)/C=C/c1ccc2c(c1)C(C)C(C)N2C. The lowest BCUT2D eigenvalue weighted by molar-refractivity contribution is 0.626. The van der Waals surface area contributed by atoms with Crippen molar-refractivity contribution in [1.82, 2.24) is 0 Å². The van der Waals surface area contributed by atoms with Gasteiger partial charge in [-0.1, -0.05) is 37.3 Å². The monoisotopic (exact) mass is 227 g/mol. The molecule has 0 radical (unpaired) electrons. The number of rotatable bonds is 2. The second-order valence-corrected chi connectivity index (χ2v) is 5.14. The van der Waals surface area contributed by atoms with E-state index in [2.05, 4.69) is 62.7 Å². The highest BCUT2D eigenvalue weighted by Gasteiger charge is 2.29. The van der Waals surface area contributed by atoms with Crippen molar-refractivity contribution in [1.29, 1.82) is 0 Å². The Kier molecular flexibility index (Phi) is 3.10. The van der Waals surface area contributed by atoms with Crippen molar-refractivity contribution in [3.05, 3.63) is 47.6 Å². The third kappa shape index (κ3) is 2.14. The maximum Gasteiger partial charge on any atom is 0.0402 e. The van der Waals surface area contributed by atoms with Crippen LogP contribution in [0.1, 0.15) is 37.8 Å². The molecular weight excluding hydrogens is 206 g/mol. The molecule has 2 rings (SSSR count). The minimum atomic E-state index is 0.588. The summed E-state index contributed by atoms with van der Waals surface area (Å²) in [7, 11) is 2.18. The molecule has 1 aromatic carbocycles. The predicted molar refractivity (Wildman–Crippen MR) is 76.6 cm³/mol. The van der Waals surface area contributed by atoms with E-state index >= 15 is 0 Å². The van der Waals surface area contributed by atoms with E-state index in [4.69, 9.17) is 0 Å². The average molecular weight is 227 g/mol. The molecule has 0 saturated heterocycles. The van der Waals surface area contributed by atoms with E-state index in [1.54, 1.807) is 0 Å².